The van der Waals surface area contributed by atoms with Crippen LogP contribution in [0.5, 0.6) is 0 Å². The number of carbonyl (C=O) groups is 1. The van der Waals surface area contributed by atoms with Crippen molar-refractivity contribution >= 4 is 21.8 Å². The molecule has 1 saturated carbocycles. The average molecular weight is 301 g/mol. The van der Waals surface area contributed by atoms with E-state index in [2.05, 4.69) is 21.2 Å². The zero-order valence-corrected chi connectivity index (χ0v) is 10.8. The molecule has 0 spiro atoms. The van der Waals surface area contributed by atoms with E-state index in [9.17, 15) is 9.18 Å². The Labute approximate surface area is 108 Å². The van der Waals surface area contributed by atoms with Crippen LogP contribution in [0.15, 0.2) is 22.7 Å². The first-order valence-corrected chi connectivity index (χ1v) is 6.37. The Morgan fingerprint density at radius 3 is 2.88 bits per heavy atom. The van der Waals surface area contributed by atoms with Crippen LogP contribution < -0.4 is 11.1 Å². The van der Waals surface area contributed by atoms with Gasteiger partial charge in [0.15, 0.2) is 0 Å². The van der Waals surface area contributed by atoms with E-state index in [-0.39, 0.29) is 23.6 Å². The normalized spacial score (nSPS) is 23.7. The summed E-state index contributed by atoms with van der Waals surface area (Å²) in [6.45, 7) is 0. The molecule has 1 fully saturated rings. The van der Waals surface area contributed by atoms with Gasteiger partial charge in [-0.3, -0.25) is 4.79 Å². The smallest absolute Gasteiger partial charge is 0.254 e. The van der Waals surface area contributed by atoms with E-state index < -0.39 is 5.82 Å². The Morgan fingerprint density at radius 1 is 1.47 bits per heavy atom. The largest absolute Gasteiger partial charge is 0.349 e. The van der Waals surface area contributed by atoms with E-state index in [1.165, 1.54) is 12.1 Å². The van der Waals surface area contributed by atoms with Crippen molar-refractivity contribution in [2.75, 3.05) is 0 Å². The maximum Gasteiger partial charge on any atom is 0.254 e. The summed E-state index contributed by atoms with van der Waals surface area (Å²) in [4.78, 5) is 11.9. The molecule has 2 rings (SSSR count). The highest BCUT2D eigenvalue weighted by Crippen LogP contribution is 2.19. The molecular weight excluding hydrogens is 287 g/mol. The lowest BCUT2D eigenvalue weighted by atomic mass is 10.1. The fourth-order valence-corrected chi connectivity index (χ4v) is 2.44. The lowest BCUT2D eigenvalue weighted by Crippen LogP contribution is -2.34. The molecule has 1 aromatic rings. The Morgan fingerprint density at radius 2 is 2.24 bits per heavy atom. The number of amides is 1. The molecule has 1 aliphatic carbocycles. The topological polar surface area (TPSA) is 55.1 Å². The number of nitrogens with two attached hydrogens (primary N) is 1. The quantitative estimate of drug-likeness (QED) is 0.880. The van der Waals surface area contributed by atoms with E-state index >= 15 is 0 Å². The molecule has 3 nitrogen and oxygen atoms in total. The van der Waals surface area contributed by atoms with E-state index in [1.54, 1.807) is 6.07 Å². The number of nitrogens with one attached hydrogen (secondary N) is 1. The van der Waals surface area contributed by atoms with Crippen LogP contribution in [0.25, 0.3) is 0 Å². The van der Waals surface area contributed by atoms with Gasteiger partial charge in [0.05, 0.1) is 5.56 Å². The molecule has 1 aromatic carbocycles. The number of rotatable bonds is 2. The Bertz CT molecular complexity index is 439. The number of hydrogen-bond donors (Lipinski definition) is 2. The third-order valence-electron chi connectivity index (χ3n) is 2.98. The second kappa shape index (κ2) is 5.14. The summed E-state index contributed by atoms with van der Waals surface area (Å²) in [5.74, 6) is -0.879. The van der Waals surface area contributed by atoms with Gasteiger partial charge in [0.2, 0.25) is 0 Å². The fourth-order valence-electron chi connectivity index (χ4n) is 2.08. The first kappa shape index (κ1) is 12.5. The molecule has 0 aromatic heterocycles. The van der Waals surface area contributed by atoms with E-state index in [0.717, 1.165) is 19.3 Å². The van der Waals surface area contributed by atoms with Gasteiger partial charge in [-0.1, -0.05) is 15.9 Å². The van der Waals surface area contributed by atoms with Crippen molar-refractivity contribution in [3.63, 3.8) is 0 Å². The minimum Gasteiger partial charge on any atom is -0.349 e. The van der Waals surface area contributed by atoms with Crippen LogP contribution in [0.1, 0.15) is 29.6 Å². The zero-order chi connectivity index (χ0) is 12.4. The van der Waals surface area contributed by atoms with Gasteiger partial charge in [0, 0.05) is 16.6 Å². The Kier molecular flexibility index (Phi) is 3.79. The van der Waals surface area contributed by atoms with Crippen LogP contribution in [0.2, 0.25) is 0 Å². The van der Waals surface area contributed by atoms with Gasteiger partial charge in [0.25, 0.3) is 5.91 Å². The van der Waals surface area contributed by atoms with Crippen molar-refractivity contribution < 1.29 is 9.18 Å². The number of benzene rings is 1. The molecule has 0 radical (unpaired) electrons. The van der Waals surface area contributed by atoms with Crippen LogP contribution in [-0.2, 0) is 0 Å². The van der Waals surface area contributed by atoms with Crippen molar-refractivity contribution in [3.8, 4) is 0 Å². The summed E-state index contributed by atoms with van der Waals surface area (Å²) in [6, 6.07) is 4.54. The van der Waals surface area contributed by atoms with E-state index in [0.29, 0.717) is 4.47 Å². The van der Waals surface area contributed by atoms with Crippen molar-refractivity contribution in [3.05, 3.63) is 34.1 Å². The number of carbonyl (C=O) groups excluding carboxylic acids is 1. The number of halogens is 2. The van der Waals surface area contributed by atoms with Crippen LogP contribution >= 0.6 is 15.9 Å². The molecule has 92 valence electrons. The predicted molar refractivity (Wildman–Crippen MR) is 67.2 cm³/mol. The summed E-state index contributed by atoms with van der Waals surface area (Å²) >= 11 is 3.22. The fraction of sp³-hybridized carbons (Fsp3) is 0.417. The van der Waals surface area contributed by atoms with Gasteiger partial charge < -0.3 is 11.1 Å². The van der Waals surface area contributed by atoms with E-state index in [4.69, 9.17) is 5.73 Å². The summed E-state index contributed by atoms with van der Waals surface area (Å²) in [5, 5.41) is 2.81. The van der Waals surface area contributed by atoms with Crippen molar-refractivity contribution in [1.82, 2.24) is 5.32 Å². The SMILES string of the molecule is NC1CCC(NC(=O)c2cc(Br)ccc2F)C1. The Balaban J connectivity index is 2.06. The third kappa shape index (κ3) is 3.04. The summed E-state index contributed by atoms with van der Waals surface area (Å²) in [5.41, 5.74) is 5.83. The first-order valence-electron chi connectivity index (χ1n) is 5.58. The molecule has 17 heavy (non-hydrogen) atoms. The summed E-state index contributed by atoms with van der Waals surface area (Å²) < 4.78 is 14.2. The van der Waals surface area contributed by atoms with Crippen molar-refractivity contribution in [1.29, 1.82) is 0 Å². The monoisotopic (exact) mass is 300 g/mol. The lowest BCUT2D eigenvalue weighted by molar-refractivity contribution is 0.0933. The van der Waals surface area contributed by atoms with Gasteiger partial charge >= 0.3 is 0 Å². The highest BCUT2D eigenvalue weighted by Gasteiger charge is 2.24. The third-order valence-corrected chi connectivity index (χ3v) is 3.47. The minimum atomic E-state index is -0.506. The molecule has 0 aliphatic heterocycles. The van der Waals surface area contributed by atoms with Gasteiger partial charge in [-0.25, -0.2) is 4.39 Å². The van der Waals surface area contributed by atoms with Gasteiger partial charge in [0.1, 0.15) is 5.82 Å². The molecule has 1 aliphatic rings. The molecule has 1 amide bonds. The summed E-state index contributed by atoms with van der Waals surface area (Å²) in [6.07, 6.45) is 2.54. The highest BCUT2D eigenvalue weighted by molar-refractivity contribution is 9.10. The lowest BCUT2D eigenvalue weighted by Gasteiger charge is -2.12. The second-order valence-electron chi connectivity index (χ2n) is 4.37. The maximum absolute atomic E-state index is 13.5. The van der Waals surface area contributed by atoms with Crippen molar-refractivity contribution in [2.45, 2.75) is 31.3 Å². The maximum atomic E-state index is 13.5. The molecule has 0 bridgehead atoms. The van der Waals surface area contributed by atoms with Gasteiger partial charge in [-0.2, -0.15) is 0 Å². The molecule has 0 heterocycles. The molecule has 5 heteroatoms. The van der Waals surface area contributed by atoms with Crippen molar-refractivity contribution in [2.24, 2.45) is 5.73 Å². The Hall–Kier alpha value is -0.940. The predicted octanol–water partition coefficient (Wildman–Crippen LogP) is 2.20. The second-order valence-corrected chi connectivity index (χ2v) is 5.28. The summed E-state index contributed by atoms with van der Waals surface area (Å²) in [7, 11) is 0. The van der Waals surface area contributed by atoms with Gasteiger partial charge in [-0.05, 0) is 37.5 Å². The molecule has 2 atom stereocenters. The minimum absolute atomic E-state index is 0.0656. The average Bonchev–Trinajstić information content (AvgIpc) is 2.67. The van der Waals surface area contributed by atoms with Crippen LogP contribution in [0.4, 0.5) is 4.39 Å². The van der Waals surface area contributed by atoms with Gasteiger partial charge in [-0.15, -0.1) is 0 Å². The highest BCUT2D eigenvalue weighted by atomic mass is 79.9. The zero-order valence-electron chi connectivity index (χ0n) is 9.25. The molecule has 3 N–H and O–H groups in total. The van der Waals surface area contributed by atoms with Crippen LogP contribution in [0.3, 0.4) is 0 Å². The number of hydrogen-bond acceptors (Lipinski definition) is 2. The first-order chi connectivity index (χ1) is 8.06. The van der Waals surface area contributed by atoms with E-state index in [1.807, 2.05) is 0 Å². The van der Waals surface area contributed by atoms with Crippen LogP contribution in [-0.4, -0.2) is 18.0 Å². The van der Waals surface area contributed by atoms with Crippen LogP contribution in [0, 0.1) is 5.82 Å². The molecule has 2 unspecified atom stereocenters. The standard InChI is InChI=1S/C12H14BrFN2O/c13-7-1-4-11(14)10(5-7)12(17)16-9-3-2-8(15)6-9/h1,4-5,8-9H,2-3,6,15H2,(H,16,17). The molecule has 0 saturated heterocycles. The molecular formula is C12H14BrFN2O.